The highest BCUT2D eigenvalue weighted by atomic mass is 32.1. The maximum atomic E-state index is 5.76. The molecule has 1 aromatic heterocycles. The number of thiol groups is 1. The summed E-state index contributed by atoms with van der Waals surface area (Å²) in [5.41, 5.74) is 3.43. The summed E-state index contributed by atoms with van der Waals surface area (Å²) in [7, 11) is 0. The van der Waals surface area contributed by atoms with Gasteiger partial charge in [-0.3, -0.25) is 0 Å². The fourth-order valence-corrected chi connectivity index (χ4v) is 2.58. The normalized spacial score (nSPS) is 10.5. The van der Waals surface area contributed by atoms with Gasteiger partial charge in [-0.05, 0) is 25.5 Å². The zero-order chi connectivity index (χ0) is 12.3. The first kappa shape index (κ1) is 12.5. The van der Waals surface area contributed by atoms with Crippen molar-refractivity contribution in [3.8, 4) is 5.75 Å². The minimum Gasteiger partial charge on any atom is -0.486 e. The number of nitrogens with zero attached hydrogens (tertiary/aromatic N) is 1. The van der Waals surface area contributed by atoms with Gasteiger partial charge in [0.05, 0.1) is 5.69 Å². The molecule has 2 rings (SSSR count). The Kier molecular flexibility index (Phi) is 4.07. The Hall–Kier alpha value is -1.00. The maximum Gasteiger partial charge on any atom is 0.140 e. The van der Waals surface area contributed by atoms with E-state index in [1.54, 1.807) is 11.3 Å². The molecule has 90 valence electrons. The Morgan fingerprint density at radius 3 is 2.82 bits per heavy atom. The summed E-state index contributed by atoms with van der Waals surface area (Å²) >= 11 is 5.81. The van der Waals surface area contributed by atoms with Crippen LogP contribution in [0.4, 0.5) is 0 Å². The second-order valence-electron chi connectivity index (χ2n) is 3.95. The molecule has 0 atom stereocenters. The zero-order valence-electron chi connectivity index (χ0n) is 9.93. The molecule has 0 unspecified atom stereocenters. The molecular formula is C13H15NOS2. The van der Waals surface area contributed by atoms with Crippen molar-refractivity contribution in [2.75, 3.05) is 0 Å². The van der Waals surface area contributed by atoms with Crippen LogP contribution in [0.15, 0.2) is 23.6 Å². The lowest BCUT2D eigenvalue weighted by Gasteiger charge is -2.07. The minimum absolute atomic E-state index is 0.530. The summed E-state index contributed by atoms with van der Waals surface area (Å²) in [6, 6.07) is 6.19. The smallest absolute Gasteiger partial charge is 0.140 e. The third-order valence-electron chi connectivity index (χ3n) is 2.44. The molecule has 0 aliphatic carbocycles. The Labute approximate surface area is 111 Å². The van der Waals surface area contributed by atoms with Gasteiger partial charge in [-0.2, -0.15) is 12.6 Å². The summed E-state index contributed by atoms with van der Waals surface area (Å²) in [4.78, 5) is 4.41. The van der Waals surface area contributed by atoms with Gasteiger partial charge in [-0.25, -0.2) is 4.98 Å². The van der Waals surface area contributed by atoms with E-state index in [0.717, 1.165) is 22.0 Å². The Morgan fingerprint density at radius 1 is 1.35 bits per heavy atom. The summed E-state index contributed by atoms with van der Waals surface area (Å²) in [5, 5.41) is 3.02. The molecule has 4 heteroatoms. The molecule has 0 saturated carbocycles. The molecule has 0 aliphatic rings. The van der Waals surface area contributed by atoms with Gasteiger partial charge in [0.1, 0.15) is 17.4 Å². The lowest BCUT2D eigenvalue weighted by atomic mass is 10.1. The van der Waals surface area contributed by atoms with Gasteiger partial charge in [-0.1, -0.05) is 17.7 Å². The lowest BCUT2D eigenvalue weighted by molar-refractivity contribution is 0.303. The van der Waals surface area contributed by atoms with Crippen LogP contribution < -0.4 is 4.74 Å². The van der Waals surface area contributed by atoms with Gasteiger partial charge < -0.3 is 4.74 Å². The molecule has 0 spiro atoms. The molecule has 0 bridgehead atoms. The molecule has 17 heavy (non-hydrogen) atoms. The highest BCUT2D eigenvalue weighted by molar-refractivity contribution is 7.79. The number of thiazole rings is 1. The number of ether oxygens (including phenoxy) is 1. The van der Waals surface area contributed by atoms with E-state index in [-0.39, 0.29) is 0 Å². The lowest BCUT2D eigenvalue weighted by Crippen LogP contribution is -1.97. The molecular weight excluding hydrogens is 250 g/mol. The molecule has 0 amide bonds. The van der Waals surface area contributed by atoms with E-state index in [4.69, 9.17) is 4.74 Å². The maximum absolute atomic E-state index is 5.76. The van der Waals surface area contributed by atoms with Crippen LogP contribution in [0.2, 0.25) is 0 Å². The average Bonchev–Trinajstić information content (AvgIpc) is 2.76. The summed E-state index contributed by atoms with van der Waals surface area (Å²) in [6.45, 7) is 4.67. The van der Waals surface area contributed by atoms with E-state index >= 15 is 0 Å². The van der Waals surface area contributed by atoms with Gasteiger partial charge in [-0.15, -0.1) is 11.3 Å². The van der Waals surface area contributed by atoms with Gasteiger partial charge in [0.25, 0.3) is 0 Å². The number of hydrogen-bond donors (Lipinski definition) is 1. The van der Waals surface area contributed by atoms with Gasteiger partial charge in [0.2, 0.25) is 0 Å². The van der Waals surface area contributed by atoms with Crippen LogP contribution in [0.3, 0.4) is 0 Å². The highest BCUT2D eigenvalue weighted by Crippen LogP contribution is 2.21. The summed E-state index contributed by atoms with van der Waals surface area (Å²) < 4.78 is 5.76. The number of rotatable bonds is 4. The fraction of sp³-hybridized carbons (Fsp3) is 0.308. The van der Waals surface area contributed by atoms with Crippen LogP contribution in [0.25, 0.3) is 0 Å². The van der Waals surface area contributed by atoms with Crippen LogP contribution in [0.5, 0.6) is 5.75 Å². The van der Waals surface area contributed by atoms with Gasteiger partial charge >= 0.3 is 0 Å². The first-order valence-electron chi connectivity index (χ1n) is 5.43. The van der Waals surface area contributed by atoms with Crippen molar-refractivity contribution in [2.24, 2.45) is 0 Å². The highest BCUT2D eigenvalue weighted by Gasteiger charge is 2.03. The molecule has 0 N–H and O–H groups in total. The Morgan fingerprint density at radius 2 is 2.18 bits per heavy atom. The number of aryl methyl sites for hydroxylation is 2. The van der Waals surface area contributed by atoms with E-state index in [2.05, 4.69) is 43.6 Å². The van der Waals surface area contributed by atoms with Crippen LogP contribution >= 0.6 is 24.0 Å². The molecule has 1 heterocycles. The summed E-state index contributed by atoms with van der Waals surface area (Å²) in [5.74, 6) is 1.61. The number of hydrogen-bond acceptors (Lipinski definition) is 4. The van der Waals surface area contributed by atoms with Gasteiger partial charge in [0, 0.05) is 11.1 Å². The molecule has 2 aromatic rings. The third-order valence-corrected chi connectivity index (χ3v) is 3.64. The van der Waals surface area contributed by atoms with E-state index in [0.29, 0.717) is 12.4 Å². The van der Waals surface area contributed by atoms with Crippen molar-refractivity contribution in [1.82, 2.24) is 4.98 Å². The van der Waals surface area contributed by atoms with Crippen LogP contribution in [-0.4, -0.2) is 4.98 Å². The number of benzene rings is 1. The van der Waals surface area contributed by atoms with Crippen molar-refractivity contribution < 1.29 is 4.74 Å². The molecule has 0 fully saturated rings. The zero-order valence-corrected chi connectivity index (χ0v) is 11.6. The average molecular weight is 265 g/mol. The van der Waals surface area contributed by atoms with Crippen LogP contribution in [0, 0.1) is 13.8 Å². The van der Waals surface area contributed by atoms with E-state index in [9.17, 15) is 0 Å². The Bertz CT molecular complexity index is 508. The molecule has 1 aromatic carbocycles. The monoisotopic (exact) mass is 265 g/mol. The van der Waals surface area contributed by atoms with Crippen molar-refractivity contribution in [3.05, 3.63) is 45.4 Å². The predicted octanol–water partition coefficient (Wildman–Crippen LogP) is 3.77. The quantitative estimate of drug-likeness (QED) is 0.850. The molecule has 2 nitrogen and oxygen atoms in total. The second-order valence-corrected chi connectivity index (χ2v) is 5.21. The largest absolute Gasteiger partial charge is 0.486 e. The van der Waals surface area contributed by atoms with Gasteiger partial charge in [0.15, 0.2) is 0 Å². The Balaban J connectivity index is 2.02. The van der Waals surface area contributed by atoms with Crippen molar-refractivity contribution in [1.29, 1.82) is 0 Å². The van der Waals surface area contributed by atoms with E-state index < -0.39 is 0 Å². The van der Waals surface area contributed by atoms with Crippen LogP contribution in [0.1, 0.15) is 21.8 Å². The first-order valence-corrected chi connectivity index (χ1v) is 6.94. The predicted molar refractivity (Wildman–Crippen MR) is 75.1 cm³/mol. The summed E-state index contributed by atoms with van der Waals surface area (Å²) in [6.07, 6.45) is 0. The molecule has 0 radical (unpaired) electrons. The second kappa shape index (κ2) is 5.56. The molecule has 0 aliphatic heterocycles. The SMILES string of the molecule is Cc1ccc(OCc2nc(CS)cs2)c(C)c1. The van der Waals surface area contributed by atoms with E-state index in [1.165, 1.54) is 5.56 Å². The van der Waals surface area contributed by atoms with E-state index in [1.807, 2.05) is 11.4 Å². The third kappa shape index (κ3) is 3.23. The number of aromatic nitrogens is 1. The molecule has 0 saturated heterocycles. The van der Waals surface area contributed by atoms with Crippen LogP contribution in [-0.2, 0) is 12.4 Å². The van der Waals surface area contributed by atoms with Crippen molar-refractivity contribution in [2.45, 2.75) is 26.2 Å². The first-order chi connectivity index (χ1) is 8.19. The standard InChI is InChI=1S/C13H15NOS2/c1-9-3-4-12(10(2)5-9)15-6-13-14-11(7-16)8-17-13/h3-5,8,16H,6-7H2,1-2H3. The van der Waals surface area contributed by atoms with Crippen molar-refractivity contribution in [3.63, 3.8) is 0 Å². The fourth-order valence-electron chi connectivity index (χ4n) is 1.59. The topological polar surface area (TPSA) is 22.1 Å². The minimum atomic E-state index is 0.530. The van der Waals surface area contributed by atoms with Crippen molar-refractivity contribution >= 4 is 24.0 Å².